The minimum atomic E-state index is -0.334. The minimum absolute atomic E-state index is 0.0728. The van der Waals surface area contributed by atoms with Gasteiger partial charge in [0.2, 0.25) is 0 Å². The van der Waals surface area contributed by atoms with E-state index >= 15 is 0 Å². The molecule has 0 aliphatic rings. The Kier molecular flexibility index (Phi) is 13.5. The quantitative estimate of drug-likeness (QED) is 0.277. The molecule has 0 rings (SSSR count). The molecule has 23 heavy (non-hydrogen) atoms. The average molecular weight is 326 g/mol. The summed E-state index contributed by atoms with van der Waals surface area (Å²) in [4.78, 5) is 23.2. The van der Waals surface area contributed by atoms with E-state index in [1.54, 1.807) is 0 Å². The molecule has 0 aromatic heterocycles. The number of esters is 2. The molecular formula is C19H34O4. The van der Waals surface area contributed by atoms with Gasteiger partial charge in [0.25, 0.3) is 0 Å². The van der Waals surface area contributed by atoms with Gasteiger partial charge in [-0.15, -0.1) is 0 Å². The van der Waals surface area contributed by atoms with Crippen molar-refractivity contribution in [3.8, 4) is 0 Å². The van der Waals surface area contributed by atoms with E-state index in [1.165, 1.54) is 19.3 Å². The van der Waals surface area contributed by atoms with Gasteiger partial charge in [-0.1, -0.05) is 52.7 Å². The van der Waals surface area contributed by atoms with E-state index in [0.29, 0.717) is 12.5 Å². The second-order valence-electron chi connectivity index (χ2n) is 6.16. The van der Waals surface area contributed by atoms with Crippen molar-refractivity contribution >= 4 is 11.9 Å². The Morgan fingerprint density at radius 3 is 2.22 bits per heavy atom. The molecule has 0 fully saturated rings. The molecule has 4 heteroatoms. The molecule has 0 N–H and O–H groups in total. The van der Waals surface area contributed by atoms with Gasteiger partial charge in [0.05, 0.1) is 19.4 Å². The molecule has 0 bridgehead atoms. The van der Waals surface area contributed by atoms with E-state index in [-0.39, 0.29) is 30.9 Å². The number of allylic oxidation sites excluding steroid dienone is 1. The van der Waals surface area contributed by atoms with Gasteiger partial charge in [0.15, 0.2) is 0 Å². The van der Waals surface area contributed by atoms with Crippen LogP contribution in [0.3, 0.4) is 0 Å². The summed E-state index contributed by atoms with van der Waals surface area (Å²) >= 11 is 0. The molecule has 0 spiro atoms. The van der Waals surface area contributed by atoms with Gasteiger partial charge in [0.1, 0.15) is 6.10 Å². The standard InChI is InChI=1S/C19H34O4/c1-5-7-8-9-10-11-12-15-22-18(20)13-14-19(21)23-17(6-2)16(3)4/h10-11,16-17H,5-9,12-15H2,1-4H3/b11-10+. The normalized spacial score (nSPS) is 12.6. The highest BCUT2D eigenvalue weighted by atomic mass is 16.5. The fourth-order valence-electron chi connectivity index (χ4n) is 2.18. The number of carbonyl (C=O) groups is 2. The Morgan fingerprint density at radius 1 is 0.957 bits per heavy atom. The van der Waals surface area contributed by atoms with Crippen LogP contribution in [0, 0.1) is 5.92 Å². The summed E-state index contributed by atoms with van der Waals surface area (Å²) in [5, 5.41) is 0. The molecule has 0 aromatic rings. The lowest BCUT2D eigenvalue weighted by Gasteiger charge is -2.19. The molecule has 0 saturated carbocycles. The third-order valence-corrected chi connectivity index (χ3v) is 3.65. The zero-order chi connectivity index (χ0) is 17.5. The van der Waals surface area contributed by atoms with Gasteiger partial charge in [-0.2, -0.15) is 0 Å². The Labute approximate surface area is 141 Å². The first-order valence-corrected chi connectivity index (χ1v) is 9.01. The number of hydrogen-bond donors (Lipinski definition) is 0. The first-order valence-electron chi connectivity index (χ1n) is 9.01. The summed E-state index contributed by atoms with van der Waals surface area (Å²) < 4.78 is 10.4. The van der Waals surface area contributed by atoms with Gasteiger partial charge in [-0.3, -0.25) is 9.59 Å². The van der Waals surface area contributed by atoms with Crippen molar-refractivity contribution in [2.75, 3.05) is 6.61 Å². The predicted molar refractivity (Wildman–Crippen MR) is 93.1 cm³/mol. The summed E-state index contributed by atoms with van der Waals surface area (Å²) in [7, 11) is 0. The third-order valence-electron chi connectivity index (χ3n) is 3.65. The second kappa shape index (κ2) is 14.3. The number of rotatable bonds is 13. The molecule has 0 amide bonds. The van der Waals surface area contributed by atoms with Crippen LogP contribution in [-0.2, 0) is 19.1 Å². The second-order valence-corrected chi connectivity index (χ2v) is 6.16. The van der Waals surface area contributed by atoms with Crippen LogP contribution in [0.1, 0.15) is 79.1 Å². The van der Waals surface area contributed by atoms with Gasteiger partial charge in [0, 0.05) is 0 Å². The molecular weight excluding hydrogens is 292 g/mol. The summed E-state index contributed by atoms with van der Waals surface area (Å²) in [6.45, 7) is 8.59. The van der Waals surface area contributed by atoms with Crippen molar-refractivity contribution in [3.63, 3.8) is 0 Å². The molecule has 1 atom stereocenters. The Bertz CT molecular complexity index is 347. The Hall–Kier alpha value is -1.32. The van der Waals surface area contributed by atoms with Crippen molar-refractivity contribution < 1.29 is 19.1 Å². The molecule has 0 heterocycles. The van der Waals surface area contributed by atoms with Crippen LogP contribution >= 0.6 is 0 Å². The zero-order valence-corrected chi connectivity index (χ0v) is 15.3. The van der Waals surface area contributed by atoms with Crippen LogP contribution in [0.15, 0.2) is 12.2 Å². The maximum atomic E-state index is 11.7. The average Bonchev–Trinajstić information content (AvgIpc) is 2.52. The largest absolute Gasteiger partial charge is 0.465 e. The lowest BCUT2D eigenvalue weighted by Crippen LogP contribution is -2.23. The summed E-state index contributed by atoms with van der Waals surface area (Å²) in [6.07, 6.45) is 10.6. The lowest BCUT2D eigenvalue weighted by molar-refractivity contribution is -0.155. The van der Waals surface area contributed by atoms with Gasteiger partial charge < -0.3 is 9.47 Å². The van der Waals surface area contributed by atoms with Gasteiger partial charge in [-0.25, -0.2) is 0 Å². The highest BCUT2D eigenvalue weighted by Crippen LogP contribution is 2.12. The molecule has 4 nitrogen and oxygen atoms in total. The first kappa shape index (κ1) is 21.7. The fraction of sp³-hybridized carbons (Fsp3) is 0.789. The van der Waals surface area contributed by atoms with E-state index < -0.39 is 0 Å². The Balaban J connectivity index is 3.68. The number of hydrogen-bond acceptors (Lipinski definition) is 4. The predicted octanol–water partition coefficient (Wildman–Crippen LogP) is 4.81. The number of carbonyl (C=O) groups excluding carboxylic acids is 2. The number of ether oxygens (including phenoxy) is 2. The smallest absolute Gasteiger partial charge is 0.306 e. The van der Waals surface area contributed by atoms with Crippen molar-refractivity contribution in [1.82, 2.24) is 0 Å². The highest BCUT2D eigenvalue weighted by molar-refractivity contribution is 5.77. The van der Waals surface area contributed by atoms with Crippen LogP contribution in [0.25, 0.3) is 0 Å². The van der Waals surface area contributed by atoms with Crippen LogP contribution in [0.2, 0.25) is 0 Å². The molecule has 0 aromatic carbocycles. The highest BCUT2D eigenvalue weighted by Gasteiger charge is 2.17. The summed E-state index contributed by atoms with van der Waals surface area (Å²) in [5.74, 6) is -0.364. The van der Waals surface area contributed by atoms with E-state index in [9.17, 15) is 9.59 Å². The van der Waals surface area contributed by atoms with E-state index in [1.807, 2.05) is 26.8 Å². The van der Waals surface area contributed by atoms with Crippen LogP contribution in [-0.4, -0.2) is 24.6 Å². The van der Waals surface area contributed by atoms with Crippen molar-refractivity contribution in [2.24, 2.45) is 5.92 Å². The molecule has 134 valence electrons. The van der Waals surface area contributed by atoms with Crippen LogP contribution in [0.5, 0.6) is 0 Å². The molecule has 0 saturated heterocycles. The lowest BCUT2D eigenvalue weighted by atomic mass is 10.1. The minimum Gasteiger partial charge on any atom is -0.465 e. The first-order chi connectivity index (χ1) is 11.0. The topological polar surface area (TPSA) is 52.6 Å². The van der Waals surface area contributed by atoms with E-state index in [0.717, 1.165) is 19.3 Å². The van der Waals surface area contributed by atoms with Crippen molar-refractivity contribution in [1.29, 1.82) is 0 Å². The van der Waals surface area contributed by atoms with Crippen LogP contribution in [0.4, 0.5) is 0 Å². The van der Waals surface area contributed by atoms with Gasteiger partial charge in [-0.05, 0) is 31.6 Å². The molecule has 0 aliphatic heterocycles. The maximum Gasteiger partial charge on any atom is 0.306 e. The van der Waals surface area contributed by atoms with Crippen LogP contribution < -0.4 is 0 Å². The maximum absolute atomic E-state index is 11.7. The monoisotopic (exact) mass is 326 g/mol. The summed E-state index contributed by atoms with van der Waals surface area (Å²) in [6, 6.07) is 0. The molecule has 0 aliphatic carbocycles. The third kappa shape index (κ3) is 12.9. The van der Waals surface area contributed by atoms with Crippen molar-refractivity contribution in [3.05, 3.63) is 12.2 Å². The Morgan fingerprint density at radius 2 is 1.61 bits per heavy atom. The van der Waals surface area contributed by atoms with Gasteiger partial charge >= 0.3 is 11.9 Å². The number of unbranched alkanes of at least 4 members (excludes halogenated alkanes) is 3. The zero-order valence-electron chi connectivity index (χ0n) is 15.3. The molecule has 1 unspecified atom stereocenters. The molecule has 0 radical (unpaired) electrons. The van der Waals surface area contributed by atoms with Crippen molar-refractivity contribution in [2.45, 2.75) is 85.2 Å². The van der Waals surface area contributed by atoms with E-state index in [4.69, 9.17) is 9.47 Å². The van der Waals surface area contributed by atoms with E-state index in [2.05, 4.69) is 13.0 Å². The fourth-order valence-corrected chi connectivity index (χ4v) is 2.18. The summed E-state index contributed by atoms with van der Waals surface area (Å²) in [5.41, 5.74) is 0. The SMILES string of the molecule is CCCCC/C=C/CCOC(=O)CCC(=O)OC(CC)C(C)C.